The number of aromatic nitrogens is 1. The van der Waals surface area contributed by atoms with E-state index in [0.717, 1.165) is 0 Å². The highest BCUT2D eigenvalue weighted by atomic mass is 19.3. The summed E-state index contributed by atoms with van der Waals surface area (Å²) >= 11 is 0. The molecule has 0 spiro atoms. The number of ether oxygens (including phenoxy) is 1. The van der Waals surface area contributed by atoms with Gasteiger partial charge in [-0.1, -0.05) is 0 Å². The molecule has 0 N–H and O–H groups in total. The molecule has 0 amide bonds. The second-order valence-electron chi connectivity index (χ2n) is 2.77. The van der Waals surface area contributed by atoms with E-state index in [4.69, 9.17) is 0 Å². The second kappa shape index (κ2) is 4.13. The van der Waals surface area contributed by atoms with Crippen LogP contribution in [0.15, 0.2) is 12.1 Å². The van der Waals surface area contributed by atoms with Crippen LogP contribution in [-0.4, -0.2) is 17.4 Å². The molecule has 0 aromatic carbocycles. The molecule has 1 heterocycles. The lowest BCUT2D eigenvalue weighted by Crippen LogP contribution is -2.05. The van der Waals surface area contributed by atoms with Crippen LogP contribution in [0.4, 0.5) is 8.78 Å². The number of ketones is 1. The van der Waals surface area contributed by atoms with Crippen molar-refractivity contribution in [2.24, 2.45) is 0 Å². The summed E-state index contributed by atoms with van der Waals surface area (Å²) in [7, 11) is 0. The van der Waals surface area contributed by atoms with Gasteiger partial charge in [0, 0.05) is 17.3 Å². The fourth-order valence-electron chi connectivity index (χ4n) is 0.993. The molecule has 1 aromatic rings. The molecule has 0 atom stereocenters. The molecule has 0 bridgehead atoms. The van der Waals surface area contributed by atoms with Crippen LogP contribution in [0, 0.1) is 6.92 Å². The lowest BCUT2D eigenvalue weighted by Gasteiger charge is -2.05. The Morgan fingerprint density at radius 1 is 1.50 bits per heavy atom. The molecular formula is C9H9F2NO2. The Morgan fingerprint density at radius 3 is 2.64 bits per heavy atom. The van der Waals surface area contributed by atoms with Gasteiger partial charge < -0.3 is 4.74 Å². The van der Waals surface area contributed by atoms with Crippen molar-refractivity contribution in [2.45, 2.75) is 20.5 Å². The molecule has 76 valence electrons. The molecule has 1 aromatic heterocycles. The highest BCUT2D eigenvalue weighted by Gasteiger charge is 2.09. The zero-order valence-corrected chi connectivity index (χ0v) is 7.75. The average Bonchev–Trinajstić information content (AvgIpc) is 2.01. The number of hydrogen-bond acceptors (Lipinski definition) is 3. The predicted octanol–water partition coefficient (Wildman–Crippen LogP) is 2.19. The summed E-state index contributed by atoms with van der Waals surface area (Å²) in [6, 6.07) is 2.71. The summed E-state index contributed by atoms with van der Waals surface area (Å²) in [4.78, 5) is 14.7. The van der Waals surface area contributed by atoms with Gasteiger partial charge in [-0.3, -0.25) is 4.79 Å². The maximum atomic E-state index is 11.8. The zero-order valence-electron chi connectivity index (χ0n) is 7.75. The standard InChI is InChI=1S/C9H9F2NO2/c1-5-3-7(6(2)13)4-8(12-5)14-9(10)11/h3-4,9H,1-2H3. The zero-order chi connectivity index (χ0) is 10.7. The van der Waals surface area contributed by atoms with Gasteiger partial charge in [0.25, 0.3) is 0 Å². The number of pyridine rings is 1. The normalized spacial score (nSPS) is 10.4. The lowest BCUT2D eigenvalue weighted by molar-refractivity contribution is -0.0529. The number of carbonyl (C=O) groups is 1. The van der Waals surface area contributed by atoms with Crippen molar-refractivity contribution in [3.8, 4) is 5.88 Å². The van der Waals surface area contributed by atoms with Crippen LogP contribution >= 0.6 is 0 Å². The van der Waals surface area contributed by atoms with Gasteiger partial charge in [0.1, 0.15) is 0 Å². The molecule has 0 aliphatic rings. The number of alkyl halides is 2. The third-order valence-electron chi connectivity index (χ3n) is 1.55. The Morgan fingerprint density at radius 2 is 2.14 bits per heavy atom. The monoisotopic (exact) mass is 201 g/mol. The van der Waals surface area contributed by atoms with Crippen molar-refractivity contribution in [1.29, 1.82) is 0 Å². The molecule has 0 saturated heterocycles. The van der Waals surface area contributed by atoms with Gasteiger partial charge in [0.2, 0.25) is 5.88 Å². The fraction of sp³-hybridized carbons (Fsp3) is 0.333. The van der Waals surface area contributed by atoms with Crippen molar-refractivity contribution in [3.05, 3.63) is 23.4 Å². The first kappa shape index (κ1) is 10.6. The highest BCUT2D eigenvalue weighted by molar-refractivity contribution is 5.94. The second-order valence-corrected chi connectivity index (χ2v) is 2.77. The summed E-state index contributed by atoms with van der Waals surface area (Å²) in [6.45, 7) is 0.0233. The Bertz CT molecular complexity index is 353. The molecule has 3 nitrogen and oxygen atoms in total. The van der Waals surface area contributed by atoms with Crippen molar-refractivity contribution in [2.75, 3.05) is 0 Å². The fourth-order valence-corrected chi connectivity index (χ4v) is 0.993. The molecule has 0 aliphatic carbocycles. The van der Waals surface area contributed by atoms with E-state index in [0.29, 0.717) is 11.3 Å². The Kier molecular flexibility index (Phi) is 3.11. The quantitative estimate of drug-likeness (QED) is 0.703. The third-order valence-corrected chi connectivity index (χ3v) is 1.55. The van der Waals surface area contributed by atoms with Gasteiger partial charge in [-0.05, 0) is 19.9 Å². The molecule has 0 radical (unpaired) electrons. The number of nitrogens with zero attached hydrogens (tertiary/aromatic N) is 1. The summed E-state index contributed by atoms with van der Waals surface area (Å²) in [5.74, 6) is -0.445. The molecule has 5 heteroatoms. The maximum absolute atomic E-state index is 11.8. The van der Waals surface area contributed by atoms with Crippen LogP contribution in [0.1, 0.15) is 23.0 Å². The van der Waals surface area contributed by atoms with Crippen molar-refractivity contribution in [1.82, 2.24) is 4.98 Å². The minimum atomic E-state index is -2.93. The molecule has 14 heavy (non-hydrogen) atoms. The van der Waals surface area contributed by atoms with Crippen LogP contribution < -0.4 is 4.74 Å². The first-order chi connectivity index (χ1) is 6.49. The minimum Gasteiger partial charge on any atom is -0.417 e. The summed E-state index contributed by atoms with van der Waals surface area (Å²) in [6.07, 6.45) is 0. The summed E-state index contributed by atoms with van der Waals surface area (Å²) < 4.78 is 27.8. The minimum absolute atomic E-state index is 0.213. The van der Waals surface area contributed by atoms with Crippen LogP contribution in [0.25, 0.3) is 0 Å². The smallest absolute Gasteiger partial charge is 0.388 e. The van der Waals surface area contributed by atoms with E-state index >= 15 is 0 Å². The van der Waals surface area contributed by atoms with Gasteiger partial charge in [-0.2, -0.15) is 8.78 Å². The van der Waals surface area contributed by atoms with E-state index in [-0.39, 0.29) is 11.7 Å². The predicted molar refractivity (Wildman–Crippen MR) is 45.6 cm³/mol. The summed E-state index contributed by atoms with van der Waals surface area (Å²) in [5.41, 5.74) is 0.779. The number of halogens is 2. The van der Waals surface area contributed by atoms with Crippen molar-refractivity contribution < 1.29 is 18.3 Å². The third kappa shape index (κ3) is 2.76. The lowest BCUT2D eigenvalue weighted by atomic mass is 10.2. The van der Waals surface area contributed by atoms with E-state index in [2.05, 4.69) is 9.72 Å². The Labute approximate surface area is 79.7 Å². The van der Waals surface area contributed by atoms with Crippen LogP contribution in [-0.2, 0) is 0 Å². The van der Waals surface area contributed by atoms with E-state index < -0.39 is 6.61 Å². The van der Waals surface area contributed by atoms with Gasteiger partial charge in [-0.15, -0.1) is 0 Å². The van der Waals surface area contributed by atoms with Gasteiger partial charge >= 0.3 is 6.61 Å². The van der Waals surface area contributed by atoms with E-state index in [1.165, 1.54) is 19.1 Å². The van der Waals surface area contributed by atoms with Crippen LogP contribution in [0.3, 0.4) is 0 Å². The number of aryl methyl sites for hydroxylation is 1. The van der Waals surface area contributed by atoms with Gasteiger partial charge in [-0.25, -0.2) is 4.98 Å². The molecular weight excluding hydrogens is 192 g/mol. The van der Waals surface area contributed by atoms with E-state index in [1.807, 2.05) is 0 Å². The Hall–Kier alpha value is -1.52. The maximum Gasteiger partial charge on any atom is 0.388 e. The number of rotatable bonds is 3. The molecule has 0 aliphatic heterocycles. The SMILES string of the molecule is CC(=O)c1cc(C)nc(OC(F)F)c1. The number of carbonyl (C=O) groups excluding carboxylic acids is 1. The summed E-state index contributed by atoms with van der Waals surface area (Å²) in [5, 5.41) is 0. The van der Waals surface area contributed by atoms with Crippen molar-refractivity contribution in [3.63, 3.8) is 0 Å². The first-order valence-electron chi connectivity index (χ1n) is 3.93. The van der Waals surface area contributed by atoms with Crippen LogP contribution in [0.2, 0.25) is 0 Å². The van der Waals surface area contributed by atoms with E-state index in [1.54, 1.807) is 6.92 Å². The number of Topliss-reactive ketones (excluding diaryl/α,β-unsaturated/α-hetero) is 1. The van der Waals surface area contributed by atoms with Gasteiger partial charge in [0.05, 0.1) is 0 Å². The molecule has 0 fully saturated rings. The average molecular weight is 201 g/mol. The van der Waals surface area contributed by atoms with Gasteiger partial charge in [0.15, 0.2) is 5.78 Å². The van der Waals surface area contributed by atoms with E-state index in [9.17, 15) is 13.6 Å². The largest absolute Gasteiger partial charge is 0.417 e. The highest BCUT2D eigenvalue weighted by Crippen LogP contribution is 2.15. The van der Waals surface area contributed by atoms with Crippen molar-refractivity contribution >= 4 is 5.78 Å². The van der Waals surface area contributed by atoms with Crippen LogP contribution in [0.5, 0.6) is 5.88 Å². The molecule has 0 saturated carbocycles. The molecule has 0 unspecified atom stereocenters. The number of hydrogen-bond donors (Lipinski definition) is 0. The Balaban J connectivity index is 3.01. The topological polar surface area (TPSA) is 39.2 Å². The first-order valence-corrected chi connectivity index (χ1v) is 3.93. The molecule has 1 rings (SSSR count).